The summed E-state index contributed by atoms with van der Waals surface area (Å²) < 4.78 is 0. The van der Waals surface area contributed by atoms with Crippen LogP contribution in [-0.4, -0.2) is 5.91 Å². The zero-order valence-corrected chi connectivity index (χ0v) is 12.1. The quantitative estimate of drug-likeness (QED) is 0.883. The van der Waals surface area contributed by atoms with E-state index in [1.54, 1.807) is 24.3 Å². The van der Waals surface area contributed by atoms with Crippen molar-refractivity contribution in [1.82, 2.24) is 5.32 Å². The first-order chi connectivity index (χ1) is 9.06. The molecule has 0 saturated heterocycles. The van der Waals surface area contributed by atoms with Crippen molar-refractivity contribution in [2.75, 3.05) is 0 Å². The highest BCUT2D eigenvalue weighted by Crippen LogP contribution is 2.21. The number of hydrogen-bond donors (Lipinski definition) is 1. The van der Waals surface area contributed by atoms with E-state index in [1.165, 1.54) is 6.07 Å². The number of halogens is 3. The number of benzene rings is 2. The molecule has 0 fully saturated rings. The van der Waals surface area contributed by atoms with E-state index in [2.05, 4.69) is 5.32 Å². The predicted octanol–water partition coefficient (Wildman–Crippen LogP) is 4.58. The van der Waals surface area contributed by atoms with Crippen LogP contribution in [0.15, 0.2) is 42.5 Å². The van der Waals surface area contributed by atoms with Crippen molar-refractivity contribution in [3.05, 3.63) is 68.7 Å². The van der Waals surface area contributed by atoms with Crippen LogP contribution in [0.1, 0.15) is 15.9 Å². The Balaban J connectivity index is 2.05. The molecule has 0 aliphatic rings. The second-order valence-corrected chi connectivity index (χ2v) is 5.22. The molecule has 0 aliphatic carbocycles. The molecule has 0 heterocycles. The van der Waals surface area contributed by atoms with Crippen molar-refractivity contribution in [3.8, 4) is 0 Å². The van der Waals surface area contributed by atoms with Crippen molar-refractivity contribution in [3.63, 3.8) is 0 Å². The zero-order chi connectivity index (χ0) is 13.8. The van der Waals surface area contributed by atoms with Gasteiger partial charge in [-0.15, -0.1) is 0 Å². The van der Waals surface area contributed by atoms with Crippen molar-refractivity contribution in [2.45, 2.75) is 6.54 Å². The third-order valence-electron chi connectivity index (χ3n) is 2.52. The lowest BCUT2D eigenvalue weighted by atomic mass is 10.2. The molecule has 0 unspecified atom stereocenters. The third kappa shape index (κ3) is 3.87. The molecule has 0 atom stereocenters. The maximum atomic E-state index is 12.0. The number of carbonyl (C=O) groups is 1. The van der Waals surface area contributed by atoms with Gasteiger partial charge in [0.2, 0.25) is 0 Å². The van der Waals surface area contributed by atoms with Gasteiger partial charge in [-0.3, -0.25) is 4.79 Å². The molecule has 0 aliphatic heterocycles. The topological polar surface area (TPSA) is 29.1 Å². The molecule has 2 aromatic carbocycles. The van der Waals surface area contributed by atoms with Gasteiger partial charge in [-0.05, 0) is 35.9 Å². The largest absolute Gasteiger partial charge is 0.348 e. The van der Waals surface area contributed by atoms with E-state index in [9.17, 15) is 4.79 Å². The van der Waals surface area contributed by atoms with Gasteiger partial charge in [0.25, 0.3) is 5.91 Å². The second-order valence-electron chi connectivity index (χ2n) is 3.94. The number of nitrogens with one attached hydrogen (secondary N) is 1. The van der Waals surface area contributed by atoms with E-state index in [4.69, 9.17) is 34.8 Å². The van der Waals surface area contributed by atoms with E-state index in [-0.39, 0.29) is 5.91 Å². The van der Waals surface area contributed by atoms with Gasteiger partial charge in [0.15, 0.2) is 0 Å². The summed E-state index contributed by atoms with van der Waals surface area (Å²) in [6.45, 7) is 0.387. The van der Waals surface area contributed by atoms with Gasteiger partial charge < -0.3 is 5.32 Å². The van der Waals surface area contributed by atoms with E-state index in [0.717, 1.165) is 5.56 Å². The van der Waals surface area contributed by atoms with Crippen LogP contribution in [0.2, 0.25) is 15.1 Å². The molecule has 0 radical (unpaired) electrons. The van der Waals surface area contributed by atoms with Gasteiger partial charge in [0.1, 0.15) is 0 Å². The van der Waals surface area contributed by atoms with Crippen LogP contribution in [0, 0.1) is 0 Å². The van der Waals surface area contributed by atoms with E-state index < -0.39 is 0 Å². The van der Waals surface area contributed by atoms with Crippen molar-refractivity contribution in [2.24, 2.45) is 0 Å². The number of rotatable bonds is 3. The summed E-state index contributed by atoms with van der Waals surface area (Å²) in [5.41, 5.74) is 1.32. The van der Waals surface area contributed by atoms with Gasteiger partial charge >= 0.3 is 0 Å². The molecule has 0 aromatic heterocycles. The Labute approximate surface area is 126 Å². The van der Waals surface area contributed by atoms with Crippen LogP contribution < -0.4 is 5.32 Å². The minimum Gasteiger partial charge on any atom is -0.348 e. The van der Waals surface area contributed by atoms with Crippen molar-refractivity contribution in [1.29, 1.82) is 0 Å². The van der Waals surface area contributed by atoms with Gasteiger partial charge in [-0.25, -0.2) is 0 Å². The Kier molecular flexibility index (Phi) is 4.70. The molecule has 1 amide bonds. The van der Waals surface area contributed by atoms with Gasteiger partial charge in [0.05, 0.1) is 10.6 Å². The van der Waals surface area contributed by atoms with Crippen LogP contribution in [0.3, 0.4) is 0 Å². The monoisotopic (exact) mass is 313 g/mol. The smallest absolute Gasteiger partial charge is 0.253 e. The molecular formula is C14H10Cl3NO. The highest BCUT2D eigenvalue weighted by molar-refractivity contribution is 6.36. The van der Waals surface area contributed by atoms with Crippen LogP contribution in [0.4, 0.5) is 0 Å². The summed E-state index contributed by atoms with van der Waals surface area (Å²) in [7, 11) is 0. The Morgan fingerprint density at radius 2 is 1.74 bits per heavy atom. The highest BCUT2D eigenvalue weighted by Gasteiger charge is 2.10. The summed E-state index contributed by atoms with van der Waals surface area (Å²) in [5, 5.41) is 4.24. The predicted molar refractivity (Wildman–Crippen MR) is 79.1 cm³/mol. The summed E-state index contributed by atoms with van der Waals surface area (Å²) in [4.78, 5) is 12.0. The maximum absolute atomic E-state index is 12.0. The maximum Gasteiger partial charge on any atom is 0.253 e. The third-order valence-corrected chi connectivity index (χ3v) is 3.30. The molecule has 0 saturated carbocycles. The average molecular weight is 315 g/mol. The normalized spacial score (nSPS) is 10.3. The number of hydrogen-bond acceptors (Lipinski definition) is 1. The summed E-state index contributed by atoms with van der Waals surface area (Å²) in [6, 6.07) is 12.1. The average Bonchev–Trinajstić information content (AvgIpc) is 2.36. The molecular weight excluding hydrogens is 305 g/mol. The highest BCUT2D eigenvalue weighted by atomic mass is 35.5. The summed E-state index contributed by atoms with van der Waals surface area (Å²) in [5.74, 6) is -0.248. The Hall–Kier alpha value is -1.22. The fraction of sp³-hybridized carbons (Fsp3) is 0.0714. The van der Waals surface area contributed by atoms with E-state index in [0.29, 0.717) is 27.2 Å². The van der Waals surface area contributed by atoms with Crippen molar-refractivity contribution >= 4 is 40.7 Å². The zero-order valence-electron chi connectivity index (χ0n) is 9.79. The first-order valence-corrected chi connectivity index (χ1v) is 6.67. The van der Waals surface area contributed by atoms with Crippen LogP contribution in [-0.2, 0) is 6.54 Å². The fourth-order valence-electron chi connectivity index (χ4n) is 1.60. The first-order valence-electron chi connectivity index (χ1n) is 5.54. The molecule has 2 nitrogen and oxygen atoms in total. The molecule has 98 valence electrons. The lowest BCUT2D eigenvalue weighted by Crippen LogP contribution is -2.23. The van der Waals surface area contributed by atoms with Crippen LogP contribution >= 0.6 is 34.8 Å². The van der Waals surface area contributed by atoms with E-state index >= 15 is 0 Å². The number of carbonyl (C=O) groups excluding carboxylic acids is 1. The van der Waals surface area contributed by atoms with Gasteiger partial charge in [-0.2, -0.15) is 0 Å². The minimum atomic E-state index is -0.248. The molecule has 19 heavy (non-hydrogen) atoms. The molecule has 2 rings (SSSR count). The molecule has 1 N–H and O–H groups in total. The Morgan fingerprint density at radius 1 is 1.00 bits per heavy atom. The van der Waals surface area contributed by atoms with Gasteiger partial charge in [0, 0.05) is 16.6 Å². The van der Waals surface area contributed by atoms with Crippen LogP contribution in [0.25, 0.3) is 0 Å². The second kappa shape index (κ2) is 6.29. The van der Waals surface area contributed by atoms with Crippen molar-refractivity contribution < 1.29 is 4.79 Å². The lowest BCUT2D eigenvalue weighted by Gasteiger charge is -2.07. The molecule has 2 aromatic rings. The Bertz CT molecular complexity index is 613. The van der Waals surface area contributed by atoms with E-state index in [1.807, 2.05) is 12.1 Å². The van der Waals surface area contributed by atoms with Crippen LogP contribution in [0.5, 0.6) is 0 Å². The van der Waals surface area contributed by atoms with Gasteiger partial charge in [-0.1, -0.05) is 46.9 Å². The standard InChI is InChI=1S/C14H10Cl3NO/c15-10-3-1-2-9(6-10)8-18-14(19)12-5-4-11(16)7-13(12)17/h1-7H,8H2,(H,18,19). The number of amides is 1. The lowest BCUT2D eigenvalue weighted by molar-refractivity contribution is 0.0951. The molecule has 5 heteroatoms. The SMILES string of the molecule is O=C(NCc1cccc(Cl)c1)c1ccc(Cl)cc1Cl. The Morgan fingerprint density at radius 3 is 2.42 bits per heavy atom. The molecule has 0 spiro atoms. The minimum absolute atomic E-state index is 0.248. The first kappa shape index (κ1) is 14.2. The molecule has 0 bridgehead atoms. The summed E-state index contributed by atoms with van der Waals surface area (Å²) in [6.07, 6.45) is 0. The summed E-state index contributed by atoms with van der Waals surface area (Å²) >= 11 is 17.6. The fourth-order valence-corrected chi connectivity index (χ4v) is 2.31.